The van der Waals surface area contributed by atoms with Crippen molar-refractivity contribution in [3.63, 3.8) is 0 Å². The van der Waals surface area contributed by atoms with E-state index in [2.05, 4.69) is 6.07 Å². The highest BCUT2D eigenvalue weighted by Gasteiger charge is 2.03. The molecule has 0 saturated heterocycles. The lowest BCUT2D eigenvalue weighted by Crippen LogP contribution is -2.06. The summed E-state index contributed by atoms with van der Waals surface area (Å²) in [5, 5.41) is 0. The molecule has 0 aromatic heterocycles. The molecule has 0 aliphatic heterocycles. The highest BCUT2D eigenvalue weighted by Crippen LogP contribution is 2.14. The van der Waals surface area contributed by atoms with Crippen LogP contribution >= 0.6 is 0 Å². The molecule has 0 aliphatic rings. The average molecular weight is 303 g/mol. The van der Waals surface area contributed by atoms with Gasteiger partial charge in [0.25, 0.3) is 0 Å². The molecule has 2 aromatic carbocycles. The van der Waals surface area contributed by atoms with E-state index < -0.39 is 10.8 Å². The van der Waals surface area contributed by atoms with Crippen molar-refractivity contribution in [1.82, 2.24) is 0 Å². The molecular weight excluding hydrogens is 282 g/mol. The Bertz CT molecular complexity index is 613. The molecular formula is C17H21NO2S. The first-order valence-electron chi connectivity index (χ1n) is 7.02. The van der Waals surface area contributed by atoms with Gasteiger partial charge in [-0.25, -0.2) is 0 Å². The van der Waals surface area contributed by atoms with Gasteiger partial charge in [0.1, 0.15) is 5.75 Å². The monoisotopic (exact) mass is 303 g/mol. The van der Waals surface area contributed by atoms with E-state index in [1.807, 2.05) is 43.3 Å². The molecule has 1 atom stereocenters. The zero-order chi connectivity index (χ0) is 15.1. The van der Waals surface area contributed by atoms with Gasteiger partial charge in [-0.3, -0.25) is 4.21 Å². The molecule has 0 heterocycles. The molecule has 0 bridgehead atoms. The second kappa shape index (κ2) is 7.84. The van der Waals surface area contributed by atoms with Crippen LogP contribution in [-0.2, 0) is 16.6 Å². The van der Waals surface area contributed by atoms with E-state index >= 15 is 0 Å². The van der Waals surface area contributed by atoms with E-state index in [0.717, 1.165) is 17.7 Å². The lowest BCUT2D eigenvalue weighted by Gasteiger charge is -2.07. The SMILES string of the molecule is Cc1cccc(CS(=O)CCCOc2cccc(N)c2)c1. The average Bonchev–Trinajstić information content (AvgIpc) is 2.44. The number of nitrogens with two attached hydrogens (primary N) is 1. The first-order valence-corrected chi connectivity index (χ1v) is 8.51. The first-order chi connectivity index (χ1) is 10.1. The van der Waals surface area contributed by atoms with Crippen molar-refractivity contribution in [3.05, 3.63) is 59.7 Å². The summed E-state index contributed by atoms with van der Waals surface area (Å²) in [6.45, 7) is 2.61. The van der Waals surface area contributed by atoms with Gasteiger partial charge >= 0.3 is 0 Å². The Morgan fingerprint density at radius 3 is 2.71 bits per heavy atom. The van der Waals surface area contributed by atoms with Gasteiger partial charge in [0.15, 0.2) is 0 Å². The van der Waals surface area contributed by atoms with Crippen LogP contribution in [0.3, 0.4) is 0 Å². The molecule has 2 N–H and O–H groups in total. The predicted molar refractivity (Wildman–Crippen MR) is 88.9 cm³/mol. The van der Waals surface area contributed by atoms with E-state index in [0.29, 0.717) is 23.8 Å². The van der Waals surface area contributed by atoms with Crippen molar-refractivity contribution in [2.45, 2.75) is 19.1 Å². The Kier molecular flexibility index (Phi) is 5.81. The minimum Gasteiger partial charge on any atom is -0.493 e. The van der Waals surface area contributed by atoms with Gasteiger partial charge in [-0.15, -0.1) is 0 Å². The molecule has 21 heavy (non-hydrogen) atoms. The Labute approximate surface area is 128 Å². The fourth-order valence-electron chi connectivity index (χ4n) is 2.07. The van der Waals surface area contributed by atoms with Gasteiger partial charge in [0, 0.05) is 34.1 Å². The van der Waals surface area contributed by atoms with Gasteiger partial charge in [-0.1, -0.05) is 35.9 Å². The molecule has 0 aliphatic carbocycles. The fraction of sp³-hybridized carbons (Fsp3) is 0.294. The maximum Gasteiger partial charge on any atom is 0.121 e. The normalized spacial score (nSPS) is 12.0. The summed E-state index contributed by atoms with van der Waals surface area (Å²) in [7, 11) is -0.846. The van der Waals surface area contributed by atoms with Gasteiger partial charge < -0.3 is 10.5 Å². The number of ether oxygens (including phenoxy) is 1. The Hall–Kier alpha value is -1.81. The highest BCUT2D eigenvalue weighted by atomic mass is 32.2. The molecule has 3 nitrogen and oxygen atoms in total. The second-order valence-electron chi connectivity index (χ2n) is 5.05. The Morgan fingerprint density at radius 1 is 1.14 bits per heavy atom. The van der Waals surface area contributed by atoms with E-state index in [4.69, 9.17) is 10.5 Å². The van der Waals surface area contributed by atoms with Gasteiger partial charge in [0.2, 0.25) is 0 Å². The van der Waals surface area contributed by atoms with Crippen LogP contribution in [0.1, 0.15) is 17.5 Å². The summed E-state index contributed by atoms with van der Waals surface area (Å²) in [6.07, 6.45) is 0.771. The van der Waals surface area contributed by atoms with E-state index in [-0.39, 0.29) is 0 Å². The summed E-state index contributed by atoms with van der Waals surface area (Å²) >= 11 is 0. The number of rotatable bonds is 7. The van der Waals surface area contributed by atoms with Crippen molar-refractivity contribution >= 4 is 16.5 Å². The van der Waals surface area contributed by atoms with Gasteiger partial charge in [-0.2, -0.15) is 0 Å². The van der Waals surface area contributed by atoms with Crippen LogP contribution in [0.4, 0.5) is 5.69 Å². The number of hydrogen-bond donors (Lipinski definition) is 1. The van der Waals surface area contributed by atoms with Gasteiger partial charge in [0.05, 0.1) is 6.61 Å². The highest BCUT2D eigenvalue weighted by molar-refractivity contribution is 7.84. The standard InChI is InChI=1S/C17H21NO2S/c1-14-5-2-6-15(11-14)13-21(19)10-4-9-20-17-8-3-7-16(18)12-17/h2-3,5-8,11-12H,4,9-10,13,18H2,1H3. The summed E-state index contributed by atoms with van der Waals surface area (Å²) in [5.74, 6) is 2.02. The Morgan fingerprint density at radius 2 is 1.95 bits per heavy atom. The van der Waals surface area contributed by atoms with Crippen molar-refractivity contribution in [2.75, 3.05) is 18.1 Å². The summed E-state index contributed by atoms with van der Waals surface area (Å²) < 4.78 is 17.6. The molecule has 2 rings (SSSR count). The van der Waals surface area contributed by atoms with Crippen LogP contribution in [0.25, 0.3) is 0 Å². The van der Waals surface area contributed by atoms with Crippen LogP contribution in [-0.4, -0.2) is 16.6 Å². The topological polar surface area (TPSA) is 52.3 Å². The van der Waals surface area contributed by atoms with Crippen molar-refractivity contribution in [2.24, 2.45) is 0 Å². The third-order valence-corrected chi connectivity index (χ3v) is 4.45. The maximum atomic E-state index is 12.0. The van der Waals surface area contributed by atoms with Crippen molar-refractivity contribution < 1.29 is 8.95 Å². The zero-order valence-electron chi connectivity index (χ0n) is 12.2. The van der Waals surface area contributed by atoms with E-state index in [1.165, 1.54) is 5.56 Å². The minimum absolute atomic E-state index is 0.559. The Balaban J connectivity index is 1.70. The number of benzene rings is 2. The minimum atomic E-state index is -0.846. The van der Waals surface area contributed by atoms with E-state index in [1.54, 1.807) is 6.07 Å². The molecule has 4 heteroatoms. The molecule has 0 saturated carbocycles. The lowest BCUT2D eigenvalue weighted by molar-refractivity contribution is 0.318. The molecule has 0 amide bonds. The van der Waals surface area contributed by atoms with Crippen molar-refractivity contribution in [1.29, 1.82) is 0 Å². The lowest BCUT2D eigenvalue weighted by atomic mass is 10.2. The van der Waals surface area contributed by atoms with Crippen LogP contribution in [0, 0.1) is 6.92 Å². The third-order valence-electron chi connectivity index (χ3n) is 3.05. The summed E-state index contributed by atoms with van der Waals surface area (Å²) in [4.78, 5) is 0. The van der Waals surface area contributed by atoms with Crippen molar-refractivity contribution in [3.8, 4) is 5.75 Å². The van der Waals surface area contributed by atoms with Crippen LogP contribution in [0.5, 0.6) is 5.75 Å². The largest absolute Gasteiger partial charge is 0.493 e. The van der Waals surface area contributed by atoms with Crippen LogP contribution in [0.15, 0.2) is 48.5 Å². The fourth-order valence-corrected chi connectivity index (χ4v) is 3.21. The number of aryl methyl sites for hydroxylation is 1. The molecule has 112 valence electrons. The number of anilines is 1. The molecule has 0 radical (unpaired) electrons. The molecule has 0 fully saturated rings. The summed E-state index contributed by atoms with van der Waals surface area (Å²) in [6, 6.07) is 15.5. The zero-order valence-corrected chi connectivity index (χ0v) is 13.1. The molecule has 0 spiro atoms. The smallest absolute Gasteiger partial charge is 0.121 e. The quantitative estimate of drug-likeness (QED) is 0.631. The maximum absolute atomic E-state index is 12.0. The molecule has 2 aromatic rings. The van der Waals surface area contributed by atoms with Crippen LogP contribution < -0.4 is 10.5 Å². The van der Waals surface area contributed by atoms with E-state index in [9.17, 15) is 4.21 Å². The van der Waals surface area contributed by atoms with Crippen LogP contribution in [0.2, 0.25) is 0 Å². The number of hydrogen-bond acceptors (Lipinski definition) is 3. The summed E-state index contributed by atoms with van der Waals surface area (Å²) in [5.41, 5.74) is 8.70. The number of nitrogen functional groups attached to an aromatic ring is 1. The first kappa shape index (κ1) is 15.6. The molecule has 1 unspecified atom stereocenters. The predicted octanol–water partition coefficient (Wildman–Crippen LogP) is 3.30. The van der Waals surface area contributed by atoms with Gasteiger partial charge in [-0.05, 0) is 31.0 Å². The second-order valence-corrected chi connectivity index (χ2v) is 6.63. The third kappa shape index (κ3) is 5.60.